The number of ether oxygens (including phenoxy) is 2. The maximum Gasteiger partial charge on any atom is 0.303 e. The molecule has 10 nitrogen and oxygen atoms in total. The molecule has 0 atom stereocenters. The van der Waals surface area contributed by atoms with Crippen molar-refractivity contribution in [1.29, 1.82) is 0 Å². The van der Waals surface area contributed by atoms with Gasteiger partial charge in [-0.3, -0.25) is 14.0 Å². The molecular formula is C19H24N6O4. The second-order valence-electron chi connectivity index (χ2n) is 6.49. The first-order chi connectivity index (χ1) is 14.0. The fourth-order valence-corrected chi connectivity index (χ4v) is 2.90. The molecule has 1 aromatic carbocycles. The lowest BCUT2D eigenvalue weighted by Crippen LogP contribution is -2.29. The van der Waals surface area contributed by atoms with Crippen molar-refractivity contribution < 1.29 is 19.1 Å². The molecule has 0 saturated carbocycles. The summed E-state index contributed by atoms with van der Waals surface area (Å²) in [6.07, 6.45) is 1.58. The summed E-state index contributed by atoms with van der Waals surface area (Å²) in [6, 6.07) is 5.69. The molecule has 0 spiro atoms. The molecule has 0 aliphatic heterocycles. The molecule has 1 amide bonds. The van der Waals surface area contributed by atoms with E-state index in [4.69, 9.17) is 4.74 Å². The highest BCUT2D eigenvalue weighted by Crippen LogP contribution is 2.24. The topological polar surface area (TPSA) is 120 Å². The van der Waals surface area contributed by atoms with Gasteiger partial charge in [0.25, 0.3) is 5.91 Å². The van der Waals surface area contributed by atoms with Crippen molar-refractivity contribution in [2.75, 3.05) is 32.1 Å². The molecule has 10 heteroatoms. The third-order valence-corrected chi connectivity index (χ3v) is 4.32. The summed E-state index contributed by atoms with van der Waals surface area (Å²) in [5.41, 5.74) is 2.35. The predicted octanol–water partition coefficient (Wildman–Crippen LogP) is 1.47. The summed E-state index contributed by atoms with van der Waals surface area (Å²) in [5.74, 6) is 1.37. The number of unbranched alkanes of at least 4 members (excludes halogenated alkanes) is 1. The summed E-state index contributed by atoms with van der Waals surface area (Å²) in [5, 5.41) is 14.4. The van der Waals surface area contributed by atoms with Gasteiger partial charge in [0.2, 0.25) is 5.65 Å². The molecular weight excluding hydrogens is 376 g/mol. The van der Waals surface area contributed by atoms with Crippen molar-refractivity contribution in [2.24, 2.45) is 0 Å². The Morgan fingerprint density at radius 3 is 2.72 bits per heavy atom. The summed E-state index contributed by atoms with van der Waals surface area (Å²) in [6.45, 7) is 4.07. The van der Waals surface area contributed by atoms with E-state index in [1.165, 1.54) is 6.92 Å². The first kappa shape index (κ1) is 20.3. The number of methoxy groups -OCH3 is 1. The minimum Gasteiger partial charge on any atom is -0.497 e. The number of amides is 1. The Balaban J connectivity index is 1.60. The summed E-state index contributed by atoms with van der Waals surface area (Å²) in [4.78, 5) is 26.8. The van der Waals surface area contributed by atoms with E-state index >= 15 is 0 Å². The van der Waals surface area contributed by atoms with Crippen molar-refractivity contribution in [3.05, 3.63) is 24.0 Å². The van der Waals surface area contributed by atoms with Gasteiger partial charge < -0.3 is 20.1 Å². The third kappa shape index (κ3) is 4.89. The number of hydrogen-bond acceptors (Lipinski definition) is 8. The van der Waals surface area contributed by atoms with E-state index in [-0.39, 0.29) is 12.5 Å². The summed E-state index contributed by atoms with van der Waals surface area (Å²) in [7, 11) is 1.62. The van der Waals surface area contributed by atoms with Crippen molar-refractivity contribution in [3.8, 4) is 5.75 Å². The van der Waals surface area contributed by atoms with Crippen LogP contribution in [0.15, 0.2) is 18.2 Å². The lowest BCUT2D eigenvalue weighted by molar-refractivity contribution is -0.146. The van der Waals surface area contributed by atoms with Gasteiger partial charge in [-0.2, -0.15) is 0 Å². The molecule has 0 radical (unpaired) electrons. The number of hydrogen-bond donors (Lipinski definition) is 2. The number of nitrogens with one attached hydrogen (secondary N) is 2. The lowest BCUT2D eigenvalue weighted by Gasteiger charge is -2.11. The fraction of sp³-hybridized carbons (Fsp3) is 0.421. The number of fused-ring (bicyclic) bond motifs is 3. The third-order valence-electron chi connectivity index (χ3n) is 4.32. The first-order valence-corrected chi connectivity index (χ1v) is 9.33. The van der Waals surface area contributed by atoms with Crippen LogP contribution in [0.5, 0.6) is 5.75 Å². The Kier molecular flexibility index (Phi) is 6.43. The molecule has 29 heavy (non-hydrogen) atoms. The highest BCUT2D eigenvalue weighted by Gasteiger charge is 2.13. The lowest BCUT2D eigenvalue weighted by atomic mass is 10.2. The molecule has 3 rings (SSSR count). The summed E-state index contributed by atoms with van der Waals surface area (Å²) < 4.78 is 11.9. The molecule has 154 valence electrons. The summed E-state index contributed by atoms with van der Waals surface area (Å²) >= 11 is 0. The standard InChI is InChI=1S/C19H24N6O4/c1-12-23-24-19-18(21-9-5-4-8-20-17(27)11-29-13(2)26)22-15-10-14(28-3)6-7-16(15)25(12)19/h6-7,10H,4-5,8-9,11H2,1-3H3,(H,20,27)(H,21,22). The van der Waals surface area contributed by atoms with Crippen molar-refractivity contribution in [3.63, 3.8) is 0 Å². The van der Waals surface area contributed by atoms with Crippen molar-refractivity contribution in [2.45, 2.75) is 26.7 Å². The Hall–Kier alpha value is -3.43. The van der Waals surface area contributed by atoms with Crippen LogP contribution in [0.3, 0.4) is 0 Å². The number of carbonyl (C=O) groups excluding carboxylic acids is 2. The van der Waals surface area contributed by atoms with Crippen molar-refractivity contribution >= 4 is 34.4 Å². The zero-order chi connectivity index (χ0) is 20.8. The zero-order valence-corrected chi connectivity index (χ0v) is 16.7. The number of carbonyl (C=O) groups is 2. The number of anilines is 1. The maximum absolute atomic E-state index is 11.5. The molecule has 2 aromatic heterocycles. The van der Waals surface area contributed by atoms with Gasteiger partial charge >= 0.3 is 5.97 Å². The molecule has 0 fully saturated rings. The van der Waals surface area contributed by atoms with Crippen LogP contribution >= 0.6 is 0 Å². The van der Waals surface area contributed by atoms with Crippen LogP contribution in [0.1, 0.15) is 25.6 Å². The molecule has 0 bridgehead atoms. The average molecular weight is 400 g/mol. The first-order valence-electron chi connectivity index (χ1n) is 9.33. The number of aromatic nitrogens is 4. The quantitative estimate of drug-likeness (QED) is 0.409. The van der Waals surface area contributed by atoms with Gasteiger partial charge in [0.05, 0.1) is 18.1 Å². The van der Waals surface area contributed by atoms with E-state index in [0.717, 1.165) is 35.4 Å². The van der Waals surface area contributed by atoms with Gasteiger partial charge in [-0.1, -0.05) is 0 Å². The van der Waals surface area contributed by atoms with E-state index in [0.29, 0.717) is 24.6 Å². The van der Waals surface area contributed by atoms with Gasteiger partial charge in [-0.25, -0.2) is 4.98 Å². The average Bonchev–Trinajstić information content (AvgIpc) is 3.10. The number of benzene rings is 1. The van der Waals surface area contributed by atoms with Gasteiger partial charge in [0.15, 0.2) is 12.4 Å². The highest BCUT2D eigenvalue weighted by molar-refractivity contribution is 5.84. The monoisotopic (exact) mass is 400 g/mol. The highest BCUT2D eigenvalue weighted by atomic mass is 16.5. The van der Waals surface area contributed by atoms with Crippen molar-refractivity contribution in [1.82, 2.24) is 24.9 Å². The second kappa shape index (κ2) is 9.18. The van der Waals surface area contributed by atoms with E-state index < -0.39 is 5.97 Å². The van der Waals surface area contributed by atoms with Crippen LogP contribution in [0.4, 0.5) is 5.82 Å². The molecule has 2 heterocycles. The van der Waals surface area contributed by atoms with Gasteiger partial charge in [0.1, 0.15) is 11.6 Å². The largest absolute Gasteiger partial charge is 0.497 e. The Labute approximate surface area is 167 Å². The number of esters is 1. The fourth-order valence-electron chi connectivity index (χ4n) is 2.90. The maximum atomic E-state index is 11.5. The SMILES string of the molecule is COc1ccc2c(c1)nc(NCCCCNC(=O)COC(C)=O)c1nnc(C)n12. The molecule has 2 N–H and O–H groups in total. The Morgan fingerprint density at radius 1 is 1.17 bits per heavy atom. The van der Waals surface area contributed by atoms with E-state index in [2.05, 4.69) is 30.6 Å². The van der Waals surface area contributed by atoms with E-state index in [9.17, 15) is 9.59 Å². The minimum atomic E-state index is -0.472. The second-order valence-corrected chi connectivity index (χ2v) is 6.49. The number of nitrogens with zero attached hydrogens (tertiary/aromatic N) is 4. The van der Waals surface area contributed by atoms with Crippen LogP contribution in [0.2, 0.25) is 0 Å². The molecule has 3 aromatic rings. The van der Waals surface area contributed by atoms with E-state index in [1.54, 1.807) is 7.11 Å². The normalized spacial score (nSPS) is 10.9. The molecule has 0 saturated heterocycles. The Bertz CT molecular complexity index is 1030. The van der Waals surface area contributed by atoms with Crippen LogP contribution in [-0.2, 0) is 14.3 Å². The van der Waals surface area contributed by atoms with Gasteiger partial charge in [0, 0.05) is 26.1 Å². The minimum absolute atomic E-state index is 0.248. The number of rotatable bonds is 9. The van der Waals surface area contributed by atoms with E-state index in [1.807, 2.05) is 29.5 Å². The number of aryl methyl sites for hydroxylation is 1. The van der Waals surface area contributed by atoms with Crippen LogP contribution in [0, 0.1) is 6.92 Å². The van der Waals surface area contributed by atoms with Crippen LogP contribution in [-0.4, -0.2) is 58.3 Å². The molecule has 0 aliphatic rings. The molecule has 0 unspecified atom stereocenters. The molecule has 0 aliphatic carbocycles. The smallest absolute Gasteiger partial charge is 0.303 e. The van der Waals surface area contributed by atoms with Gasteiger partial charge in [-0.05, 0) is 31.9 Å². The van der Waals surface area contributed by atoms with Crippen LogP contribution < -0.4 is 15.4 Å². The predicted molar refractivity (Wildman–Crippen MR) is 107 cm³/mol. The van der Waals surface area contributed by atoms with Gasteiger partial charge in [-0.15, -0.1) is 10.2 Å². The van der Waals surface area contributed by atoms with Crippen LogP contribution in [0.25, 0.3) is 16.7 Å². The zero-order valence-electron chi connectivity index (χ0n) is 16.7. The Morgan fingerprint density at radius 2 is 1.97 bits per heavy atom.